The van der Waals surface area contributed by atoms with Crippen LogP contribution in [0.3, 0.4) is 0 Å². The number of fused-ring (bicyclic) bond motifs is 1. The molecule has 1 heterocycles. The van der Waals surface area contributed by atoms with Crippen molar-refractivity contribution in [1.82, 2.24) is 0 Å². The molecule has 30 heavy (non-hydrogen) atoms. The highest BCUT2D eigenvalue weighted by molar-refractivity contribution is 6.31. The number of carbonyl (C=O) groups is 2. The normalized spacial score (nSPS) is 13.3. The molecule has 0 saturated heterocycles. The fourth-order valence-corrected chi connectivity index (χ4v) is 3.43. The van der Waals surface area contributed by atoms with Gasteiger partial charge in [-0.1, -0.05) is 41.9 Å². The number of para-hydroxylation sites is 2. The average Bonchev–Trinajstić information content (AvgIpc) is 2.85. The van der Waals surface area contributed by atoms with E-state index in [4.69, 9.17) is 11.6 Å². The minimum atomic E-state index is -0.362. The Hall–Kier alpha value is -3.51. The van der Waals surface area contributed by atoms with E-state index < -0.39 is 0 Å². The van der Waals surface area contributed by atoms with Crippen molar-refractivity contribution >= 4 is 46.2 Å². The van der Waals surface area contributed by atoms with Crippen molar-refractivity contribution in [1.29, 1.82) is 0 Å². The van der Waals surface area contributed by atoms with Gasteiger partial charge in [-0.25, -0.2) is 4.39 Å². The number of carbonyl (C=O) groups excluding carboxylic acids is 2. The zero-order chi connectivity index (χ0) is 21.1. The van der Waals surface area contributed by atoms with Crippen LogP contribution < -0.4 is 10.2 Å². The number of nitrogens with zero attached hydrogens (tertiary/aromatic N) is 2. The molecule has 0 aromatic heterocycles. The van der Waals surface area contributed by atoms with Crippen molar-refractivity contribution in [2.75, 3.05) is 16.8 Å². The van der Waals surface area contributed by atoms with E-state index in [-0.39, 0.29) is 30.6 Å². The Morgan fingerprint density at radius 1 is 1.07 bits per heavy atom. The molecule has 1 aliphatic heterocycles. The Bertz CT molecular complexity index is 1150. The van der Waals surface area contributed by atoms with Gasteiger partial charge in [0.05, 0.1) is 23.5 Å². The lowest BCUT2D eigenvalue weighted by molar-refractivity contribution is -0.120. The number of halogens is 2. The Balaban J connectivity index is 1.61. The van der Waals surface area contributed by atoms with E-state index >= 15 is 0 Å². The molecule has 2 amide bonds. The molecule has 0 aliphatic carbocycles. The standard InChI is InChI=1S/C23H17ClFN3O2/c24-16-4-3-5-18(12-16)26-22(29)14-28-21-7-2-1-6-19(21)27-20(13-23(28)30)15-8-10-17(25)11-9-15/h1-12H,13-14H2,(H,26,29). The molecule has 3 aromatic carbocycles. The van der Waals surface area contributed by atoms with Crippen LogP contribution in [0.25, 0.3) is 0 Å². The summed E-state index contributed by atoms with van der Waals surface area (Å²) >= 11 is 5.96. The predicted molar refractivity (Wildman–Crippen MR) is 116 cm³/mol. The van der Waals surface area contributed by atoms with Gasteiger partial charge in [-0.3, -0.25) is 14.6 Å². The molecule has 0 saturated carbocycles. The van der Waals surface area contributed by atoms with Gasteiger partial charge in [-0.15, -0.1) is 0 Å². The summed E-state index contributed by atoms with van der Waals surface area (Å²) in [6, 6.07) is 19.7. The number of aliphatic imine (C=N–C) groups is 1. The molecule has 1 N–H and O–H groups in total. The lowest BCUT2D eigenvalue weighted by atomic mass is 10.1. The van der Waals surface area contributed by atoms with Crippen LogP contribution in [0.1, 0.15) is 12.0 Å². The summed E-state index contributed by atoms with van der Waals surface area (Å²) in [5, 5.41) is 3.26. The molecular weight excluding hydrogens is 405 g/mol. The second-order valence-corrected chi connectivity index (χ2v) is 7.21. The van der Waals surface area contributed by atoms with E-state index in [9.17, 15) is 14.0 Å². The Kier molecular flexibility index (Phi) is 5.59. The van der Waals surface area contributed by atoms with Crippen molar-refractivity contribution < 1.29 is 14.0 Å². The van der Waals surface area contributed by atoms with Gasteiger partial charge < -0.3 is 10.2 Å². The summed E-state index contributed by atoms with van der Waals surface area (Å²) in [6.45, 7) is -0.172. The van der Waals surface area contributed by atoms with Crippen molar-refractivity contribution in [3.8, 4) is 0 Å². The van der Waals surface area contributed by atoms with E-state index in [0.29, 0.717) is 33.4 Å². The Morgan fingerprint density at radius 3 is 2.60 bits per heavy atom. The van der Waals surface area contributed by atoms with E-state index in [1.54, 1.807) is 54.6 Å². The topological polar surface area (TPSA) is 61.8 Å². The number of amides is 2. The fraction of sp³-hybridized carbons (Fsp3) is 0.0870. The van der Waals surface area contributed by atoms with E-state index in [0.717, 1.165) is 0 Å². The number of hydrogen-bond donors (Lipinski definition) is 1. The van der Waals surface area contributed by atoms with Crippen LogP contribution in [0.5, 0.6) is 0 Å². The molecule has 7 heteroatoms. The van der Waals surface area contributed by atoms with Gasteiger partial charge in [-0.05, 0) is 48.0 Å². The first-order chi connectivity index (χ1) is 14.5. The van der Waals surface area contributed by atoms with Crippen LogP contribution in [-0.2, 0) is 9.59 Å². The van der Waals surface area contributed by atoms with Crippen LogP contribution in [0, 0.1) is 5.82 Å². The summed E-state index contributed by atoms with van der Waals surface area (Å²) in [5.74, 6) is -0.992. The lowest BCUT2D eigenvalue weighted by Gasteiger charge is -2.22. The van der Waals surface area contributed by atoms with Gasteiger partial charge in [0.2, 0.25) is 11.8 Å². The predicted octanol–water partition coefficient (Wildman–Crippen LogP) is 4.98. The molecular formula is C23H17ClFN3O2. The molecule has 1 aliphatic rings. The first kappa shape index (κ1) is 19.8. The van der Waals surface area contributed by atoms with Crippen LogP contribution in [0.2, 0.25) is 5.02 Å². The number of benzene rings is 3. The molecule has 0 radical (unpaired) electrons. The largest absolute Gasteiger partial charge is 0.324 e. The van der Waals surface area contributed by atoms with Crippen molar-refractivity contribution in [2.24, 2.45) is 4.99 Å². The molecule has 3 aromatic rings. The van der Waals surface area contributed by atoms with Crippen molar-refractivity contribution in [3.05, 3.63) is 89.2 Å². The maximum Gasteiger partial charge on any atom is 0.244 e. The second-order valence-electron chi connectivity index (χ2n) is 6.77. The van der Waals surface area contributed by atoms with Crippen LogP contribution in [0.4, 0.5) is 21.5 Å². The number of anilines is 2. The summed E-state index contributed by atoms with van der Waals surface area (Å²) in [5.41, 5.74) is 2.83. The summed E-state index contributed by atoms with van der Waals surface area (Å²) in [6.07, 6.45) is -0.00917. The van der Waals surface area contributed by atoms with Crippen molar-refractivity contribution in [2.45, 2.75) is 6.42 Å². The maximum atomic E-state index is 13.3. The zero-order valence-electron chi connectivity index (χ0n) is 15.8. The summed E-state index contributed by atoms with van der Waals surface area (Å²) in [4.78, 5) is 31.7. The molecule has 5 nitrogen and oxygen atoms in total. The van der Waals surface area contributed by atoms with Crippen LogP contribution >= 0.6 is 11.6 Å². The van der Waals surface area contributed by atoms with Gasteiger partial charge in [0.15, 0.2) is 0 Å². The first-order valence-electron chi connectivity index (χ1n) is 9.28. The lowest BCUT2D eigenvalue weighted by Crippen LogP contribution is -2.38. The smallest absolute Gasteiger partial charge is 0.244 e. The number of nitrogens with one attached hydrogen (secondary N) is 1. The molecule has 150 valence electrons. The maximum absolute atomic E-state index is 13.3. The third-order valence-electron chi connectivity index (χ3n) is 4.64. The zero-order valence-corrected chi connectivity index (χ0v) is 16.6. The monoisotopic (exact) mass is 421 g/mol. The molecule has 0 fully saturated rings. The summed E-state index contributed by atoms with van der Waals surface area (Å²) < 4.78 is 13.3. The molecule has 4 rings (SSSR count). The molecule has 0 bridgehead atoms. The van der Waals surface area contributed by atoms with E-state index in [1.807, 2.05) is 6.07 Å². The Labute approximate surface area is 177 Å². The van der Waals surface area contributed by atoms with Gasteiger partial charge in [0.1, 0.15) is 12.4 Å². The average molecular weight is 422 g/mol. The first-order valence-corrected chi connectivity index (χ1v) is 9.66. The van der Waals surface area contributed by atoms with Gasteiger partial charge in [-0.2, -0.15) is 0 Å². The number of rotatable bonds is 4. The number of hydrogen-bond acceptors (Lipinski definition) is 3. The summed E-state index contributed by atoms with van der Waals surface area (Å²) in [7, 11) is 0. The van der Waals surface area contributed by atoms with Crippen LogP contribution in [-0.4, -0.2) is 24.1 Å². The minimum absolute atomic E-state index is 0.00917. The molecule has 0 unspecified atom stereocenters. The van der Waals surface area contributed by atoms with Crippen LogP contribution in [0.15, 0.2) is 77.8 Å². The third-order valence-corrected chi connectivity index (χ3v) is 4.87. The minimum Gasteiger partial charge on any atom is -0.324 e. The van der Waals surface area contributed by atoms with E-state index in [1.165, 1.54) is 17.0 Å². The molecule has 0 spiro atoms. The van der Waals surface area contributed by atoms with Gasteiger partial charge in [0, 0.05) is 10.7 Å². The highest BCUT2D eigenvalue weighted by atomic mass is 35.5. The third kappa shape index (κ3) is 4.39. The van der Waals surface area contributed by atoms with Gasteiger partial charge >= 0.3 is 0 Å². The fourth-order valence-electron chi connectivity index (χ4n) is 3.24. The second kappa shape index (κ2) is 8.47. The van der Waals surface area contributed by atoms with E-state index in [2.05, 4.69) is 10.3 Å². The molecule has 0 atom stereocenters. The SMILES string of the molecule is O=C(CN1C(=O)CC(c2ccc(F)cc2)=Nc2ccccc21)Nc1cccc(Cl)c1. The highest BCUT2D eigenvalue weighted by Gasteiger charge is 2.26. The van der Waals surface area contributed by atoms with Crippen molar-refractivity contribution in [3.63, 3.8) is 0 Å². The highest BCUT2D eigenvalue weighted by Crippen LogP contribution is 2.33. The quantitative estimate of drug-likeness (QED) is 0.646. The van der Waals surface area contributed by atoms with Gasteiger partial charge in [0.25, 0.3) is 0 Å². The Morgan fingerprint density at radius 2 is 1.83 bits per heavy atom.